The average molecular weight is 334 g/mol. The van der Waals surface area contributed by atoms with Gasteiger partial charge in [-0.25, -0.2) is 0 Å². The predicted molar refractivity (Wildman–Crippen MR) is 73.4 cm³/mol. The van der Waals surface area contributed by atoms with Crippen molar-refractivity contribution in [2.75, 3.05) is 6.26 Å². The summed E-state index contributed by atoms with van der Waals surface area (Å²) < 4.78 is 3.05. The van der Waals surface area contributed by atoms with E-state index in [1.165, 1.54) is 22.9 Å². The van der Waals surface area contributed by atoms with Crippen molar-refractivity contribution in [3.8, 4) is 0 Å². The van der Waals surface area contributed by atoms with E-state index in [2.05, 4.69) is 48.9 Å². The van der Waals surface area contributed by atoms with E-state index < -0.39 is 0 Å². The van der Waals surface area contributed by atoms with E-state index in [-0.39, 0.29) is 20.9 Å². The molecule has 0 saturated heterocycles. The van der Waals surface area contributed by atoms with Crippen LogP contribution in [0.4, 0.5) is 0 Å². The second-order valence-electron chi connectivity index (χ2n) is 3.29. The van der Waals surface area contributed by atoms with Crippen molar-refractivity contribution in [3.05, 3.63) is 41.3 Å². The van der Waals surface area contributed by atoms with Gasteiger partial charge < -0.3 is 0 Å². The summed E-state index contributed by atoms with van der Waals surface area (Å²) in [6.07, 6.45) is 4.86. The van der Waals surface area contributed by atoms with E-state index in [4.69, 9.17) is 0 Å². The van der Waals surface area contributed by atoms with Gasteiger partial charge in [0.25, 0.3) is 0 Å². The predicted octanol–water partition coefficient (Wildman–Crippen LogP) is 4.27. The van der Waals surface area contributed by atoms with Crippen LogP contribution in [0.1, 0.15) is 25.3 Å². The first kappa shape index (κ1) is 13.2. The second kappa shape index (κ2) is 8.27. The molecule has 0 aliphatic heterocycles. The monoisotopic (exact) mass is 336 g/mol. The van der Waals surface area contributed by atoms with Gasteiger partial charge in [-0.15, -0.1) is 0 Å². The van der Waals surface area contributed by atoms with Gasteiger partial charge in [-0.3, -0.25) is 0 Å². The van der Waals surface area contributed by atoms with Gasteiger partial charge in [0.05, 0.1) is 0 Å². The van der Waals surface area contributed by atoms with E-state index in [9.17, 15) is 0 Å². The second-order valence-corrected chi connectivity index (χ2v) is 7.24. The van der Waals surface area contributed by atoms with Crippen LogP contribution in [0.15, 0.2) is 35.7 Å². The van der Waals surface area contributed by atoms with Crippen molar-refractivity contribution in [2.24, 2.45) is 0 Å². The third kappa shape index (κ3) is 5.11. The first-order chi connectivity index (χ1) is 7.38. The molecule has 0 amide bonds. The van der Waals surface area contributed by atoms with Gasteiger partial charge in [-0.05, 0) is 0 Å². The summed E-state index contributed by atoms with van der Waals surface area (Å²) in [6.45, 7) is 2.27. The van der Waals surface area contributed by atoms with Gasteiger partial charge >= 0.3 is 108 Å². The third-order valence-corrected chi connectivity index (χ3v) is 6.28. The molecule has 2 heteroatoms. The minimum atomic E-state index is 0.0261. The third-order valence-electron chi connectivity index (χ3n) is 2.04. The normalized spacial score (nSPS) is 11.7. The molecule has 0 fully saturated rings. The molecule has 0 aliphatic carbocycles. The van der Waals surface area contributed by atoms with E-state index >= 15 is 0 Å². The van der Waals surface area contributed by atoms with Gasteiger partial charge in [-0.2, -0.15) is 0 Å². The Balaban J connectivity index is 2.63. The van der Waals surface area contributed by atoms with Crippen LogP contribution in [-0.4, -0.2) is 27.2 Å². The molecule has 0 unspecified atom stereocenters. The van der Waals surface area contributed by atoms with E-state index in [0.29, 0.717) is 0 Å². The number of benzene rings is 1. The molecule has 0 nitrogen and oxygen atoms in total. The maximum absolute atomic E-state index is 2.34. The summed E-state index contributed by atoms with van der Waals surface area (Å²) in [5, 5.41) is 2.34. The Morgan fingerprint density at radius 1 is 1.33 bits per heavy atom. The molecule has 0 saturated carbocycles. The molecule has 15 heavy (non-hydrogen) atoms. The van der Waals surface area contributed by atoms with Crippen LogP contribution in [0, 0.1) is 0 Å². The summed E-state index contributed by atoms with van der Waals surface area (Å²) >= 11 is 1.86. The summed E-state index contributed by atoms with van der Waals surface area (Å²) in [4.78, 5) is 0. The van der Waals surface area contributed by atoms with E-state index in [1.807, 2.05) is 11.8 Å². The molecular formula is C13H18STe. The van der Waals surface area contributed by atoms with Crippen LogP contribution in [0.2, 0.25) is 4.47 Å². The fourth-order valence-electron chi connectivity index (χ4n) is 1.22. The van der Waals surface area contributed by atoms with Crippen LogP contribution in [0.5, 0.6) is 0 Å². The number of hydrogen-bond donors (Lipinski definition) is 0. The zero-order valence-corrected chi connectivity index (χ0v) is 12.5. The van der Waals surface area contributed by atoms with Crippen molar-refractivity contribution in [2.45, 2.75) is 24.2 Å². The maximum atomic E-state index is 2.34. The zero-order valence-electron chi connectivity index (χ0n) is 9.40. The van der Waals surface area contributed by atoms with Gasteiger partial charge in [0, 0.05) is 0 Å². The minimum absolute atomic E-state index is 0.0261. The quantitative estimate of drug-likeness (QED) is 0.553. The van der Waals surface area contributed by atoms with Crippen LogP contribution in [0.3, 0.4) is 0 Å². The first-order valence-corrected chi connectivity index (χ1v) is 9.39. The number of hydrogen-bond acceptors (Lipinski definition) is 1. The standard InChI is InChI=1S/C13H18STe/c1-3-4-10-15-13(11-14-2)12-8-6-5-7-9-12/h5-9,11H,3-4,10H2,1-2H3/b13-11-. The van der Waals surface area contributed by atoms with Gasteiger partial charge in [-0.1, -0.05) is 0 Å². The Bertz CT molecular complexity index is 293. The summed E-state index contributed by atoms with van der Waals surface area (Å²) in [6, 6.07) is 10.8. The molecule has 0 aliphatic rings. The van der Waals surface area contributed by atoms with Crippen LogP contribution < -0.4 is 0 Å². The van der Waals surface area contributed by atoms with E-state index in [1.54, 1.807) is 3.62 Å². The molecule has 82 valence electrons. The summed E-state index contributed by atoms with van der Waals surface area (Å²) in [5.41, 5.74) is 1.44. The Labute approximate surface area is 108 Å². The molecule has 0 bridgehead atoms. The number of unbranched alkanes of at least 4 members (excludes halogenated alkanes) is 1. The SMILES string of the molecule is CCCC[Te]/C(=C\SC)c1ccccc1. The van der Waals surface area contributed by atoms with Gasteiger partial charge in [0.1, 0.15) is 0 Å². The van der Waals surface area contributed by atoms with Crippen LogP contribution in [-0.2, 0) is 0 Å². The van der Waals surface area contributed by atoms with Crippen molar-refractivity contribution >= 4 is 36.3 Å². The van der Waals surface area contributed by atoms with Crippen molar-refractivity contribution in [1.29, 1.82) is 0 Å². The molecule has 0 N–H and O–H groups in total. The van der Waals surface area contributed by atoms with E-state index in [0.717, 1.165) is 0 Å². The molecule has 0 radical (unpaired) electrons. The Hall–Kier alpha value is 0.0996. The Kier molecular flexibility index (Phi) is 7.26. The fourth-order valence-corrected chi connectivity index (χ4v) is 5.77. The molecule has 1 aromatic carbocycles. The Morgan fingerprint density at radius 3 is 2.67 bits per heavy atom. The van der Waals surface area contributed by atoms with Crippen molar-refractivity contribution < 1.29 is 0 Å². The molecule has 0 aromatic heterocycles. The topological polar surface area (TPSA) is 0 Å². The number of rotatable bonds is 6. The van der Waals surface area contributed by atoms with Crippen LogP contribution in [0.25, 0.3) is 3.62 Å². The van der Waals surface area contributed by atoms with Crippen LogP contribution >= 0.6 is 11.8 Å². The summed E-state index contributed by atoms with van der Waals surface area (Å²) in [5.74, 6) is 0. The molecule has 0 atom stereocenters. The number of thioether (sulfide) groups is 1. The molecule has 0 spiro atoms. The zero-order chi connectivity index (χ0) is 10.9. The molecular weight excluding hydrogens is 316 g/mol. The molecule has 0 heterocycles. The molecule has 1 aromatic rings. The van der Waals surface area contributed by atoms with Gasteiger partial charge in [0.2, 0.25) is 0 Å². The van der Waals surface area contributed by atoms with Gasteiger partial charge in [0.15, 0.2) is 0 Å². The first-order valence-electron chi connectivity index (χ1n) is 5.29. The average Bonchev–Trinajstić information content (AvgIpc) is 2.29. The van der Waals surface area contributed by atoms with Crippen molar-refractivity contribution in [3.63, 3.8) is 0 Å². The Morgan fingerprint density at radius 2 is 2.07 bits per heavy atom. The fraction of sp³-hybridized carbons (Fsp3) is 0.385. The molecule has 1 rings (SSSR count). The van der Waals surface area contributed by atoms with Crippen molar-refractivity contribution in [1.82, 2.24) is 0 Å². The summed E-state index contributed by atoms with van der Waals surface area (Å²) in [7, 11) is 0.